The summed E-state index contributed by atoms with van der Waals surface area (Å²) in [6.07, 6.45) is -0.579. The number of nitrogens with zero attached hydrogens (tertiary/aromatic N) is 1. The Balaban J connectivity index is 1.44. The SMILES string of the molecule is O=C(NCCN1CCOCC1)[C@H]1COc2ccccc2O1. The molecule has 0 bridgehead atoms. The number of carbonyl (C=O) groups excluding carboxylic acids is 1. The van der Waals surface area contributed by atoms with Gasteiger partial charge in [0.25, 0.3) is 5.91 Å². The lowest BCUT2D eigenvalue weighted by molar-refractivity contribution is -0.130. The molecular weight excluding hydrogens is 272 g/mol. The molecule has 6 heteroatoms. The van der Waals surface area contributed by atoms with Gasteiger partial charge in [-0.3, -0.25) is 9.69 Å². The van der Waals surface area contributed by atoms with Gasteiger partial charge in [0.1, 0.15) is 6.61 Å². The van der Waals surface area contributed by atoms with E-state index in [1.54, 1.807) is 0 Å². The van der Waals surface area contributed by atoms with E-state index in [-0.39, 0.29) is 12.5 Å². The summed E-state index contributed by atoms with van der Waals surface area (Å²) in [4.78, 5) is 14.4. The van der Waals surface area contributed by atoms with Crippen LogP contribution in [0, 0.1) is 0 Å². The van der Waals surface area contributed by atoms with Gasteiger partial charge in [0.2, 0.25) is 6.10 Å². The van der Waals surface area contributed by atoms with Crippen LogP contribution in [0.2, 0.25) is 0 Å². The summed E-state index contributed by atoms with van der Waals surface area (Å²) in [5.41, 5.74) is 0. The molecule has 1 fully saturated rings. The molecule has 1 aromatic rings. The summed E-state index contributed by atoms with van der Waals surface area (Å²) >= 11 is 0. The molecule has 3 rings (SSSR count). The van der Waals surface area contributed by atoms with Crippen LogP contribution in [-0.2, 0) is 9.53 Å². The number of benzene rings is 1. The van der Waals surface area contributed by atoms with E-state index in [1.165, 1.54) is 0 Å². The van der Waals surface area contributed by atoms with Crippen LogP contribution in [0.5, 0.6) is 11.5 Å². The summed E-state index contributed by atoms with van der Waals surface area (Å²) in [6, 6.07) is 7.39. The van der Waals surface area contributed by atoms with Gasteiger partial charge in [0.15, 0.2) is 11.5 Å². The predicted octanol–water partition coefficient (Wildman–Crippen LogP) is 0.275. The van der Waals surface area contributed by atoms with Crippen molar-refractivity contribution in [3.8, 4) is 11.5 Å². The highest BCUT2D eigenvalue weighted by molar-refractivity contribution is 5.81. The minimum Gasteiger partial charge on any atom is -0.485 e. The first-order valence-electron chi connectivity index (χ1n) is 7.29. The number of fused-ring (bicyclic) bond motifs is 1. The Bertz CT molecular complexity index is 488. The Kier molecular flexibility index (Phi) is 4.57. The largest absolute Gasteiger partial charge is 0.485 e. The number of hydrogen-bond acceptors (Lipinski definition) is 5. The average Bonchev–Trinajstić information content (AvgIpc) is 2.55. The molecule has 114 valence electrons. The maximum atomic E-state index is 12.1. The Hall–Kier alpha value is -1.79. The summed E-state index contributed by atoms with van der Waals surface area (Å²) in [7, 11) is 0. The number of para-hydroxylation sites is 2. The van der Waals surface area contributed by atoms with Crippen molar-refractivity contribution in [3.63, 3.8) is 0 Å². The summed E-state index contributed by atoms with van der Waals surface area (Å²) in [5, 5.41) is 2.90. The molecule has 0 saturated carbocycles. The van der Waals surface area contributed by atoms with Gasteiger partial charge >= 0.3 is 0 Å². The van der Waals surface area contributed by atoms with Crippen LogP contribution >= 0.6 is 0 Å². The van der Waals surface area contributed by atoms with Crippen molar-refractivity contribution in [1.29, 1.82) is 0 Å². The highest BCUT2D eigenvalue weighted by Crippen LogP contribution is 2.30. The fraction of sp³-hybridized carbons (Fsp3) is 0.533. The Labute approximate surface area is 124 Å². The molecule has 6 nitrogen and oxygen atoms in total. The molecule has 1 saturated heterocycles. The maximum Gasteiger partial charge on any atom is 0.264 e. The smallest absolute Gasteiger partial charge is 0.264 e. The van der Waals surface area contributed by atoms with Gasteiger partial charge in [0.05, 0.1) is 13.2 Å². The van der Waals surface area contributed by atoms with E-state index in [0.717, 1.165) is 32.8 Å². The van der Waals surface area contributed by atoms with Gasteiger partial charge in [-0.15, -0.1) is 0 Å². The highest BCUT2D eigenvalue weighted by atomic mass is 16.6. The zero-order valence-corrected chi connectivity index (χ0v) is 11.9. The van der Waals surface area contributed by atoms with Gasteiger partial charge in [-0.05, 0) is 12.1 Å². The molecule has 1 amide bonds. The van der Waals surface area contributed by atoms with Crippen molar-refractivity contribution in [1.82, 2.24) is 10.2 Å². The molecule has 1 atom stereocenters. The van der Waals surface area contributed by atoms with Gasteiger partial charge in [-0.1, -0.05) is 12.1 Å². The summed E-state index contributed by atoms with van der Waals surface area (Å²) < 4.78 is 16.5. The monoisotopic (exact) mass is 292 g/mol. The second-order valence-electron chi connectivity index (χ2n) is 5.11. The van der Waals surface area contributed by atoms with E-state index < -0.39 is 6.10 Å². The predicted molar refractivity (Wildman–Crippen MR) is 76.6 cm³/mol. The van der Waals surface area contributed by atoms with E-state index in [1.807, 2.05) is 24.3 Å². The molecule has 2 aliphatic heterocycles. The van der Waals surface area contributed by atoms with Crippen molar-refractivity contribution in [2.75, 3.05) is 46.0 Å². The fourth-order valence-corrected chi connectivity index (χ4v) is 2.42. The van der Waals surface area contributed by atoms with Crippen molar-refractivity contribution in [3.05, 3.63) is 24.3 Å². The Morgan fingerprint density at radius 3 is 2.81 bits per heavy atom. The number of amides is 1. The second kappa shape index (κ2) is 6.78. The van der Waals surface area contributed by atoms with Gasteiger partial charge in [-0.25, -0.2) is 0 Å². The van der Waals surface area contributed by atoms with Crippen LogP contribution in [0.4, 0.5) is 0 Å². The highest BCUT2D eigenvalue weighted by Gasteiger charge is 2.26. The molecule has 0 unspecified atom stereocenters. The normalized spacial score (nSPS) is 21.8. The quantitative estimate of drug-likeness (QED) is 0.863. The standard InChI is InChI=1S/C15H20N2O4/c18-15(16-5-6-17-7-9-19-10-8-17)14-11-20-12-3-1-2-4-13(12)21-14/h1-4,14H,5-11H2,(H,16,18)/t14-/m1/s1. The summed E-state index contributed by atoms with van der Waals surface area (Å²) in [6.45, 7) is 5.08. The first kappa shape index (κ1) is 14.2. The molecule has 0 radical (unpaired) electrons. The van der Waals surface area contributed by atoms with E-state index in [0.29, 0.717) is 18.0 Å². The van der Waals surface area contributed by atoms with Crippen LogP contribution in [0.3, 0.4) is 0 Å². The summed E-state index contributed by atoms with van der Waals surface area (Å²) in [5.74, 6) is 1.18. The third-order valence-electron chi connectivity index (χ3n) is 3.63. The number of nitrogens with one attached hydrogen (secondary N) is 1. The topological polar surface area (TPSA) is 60.0 Å². The van der Waals surface area contributed by atoms with Crippen LogP contribution in [0.1, 0.15) is 0 Å². The lowest BCUT2D eigenvalue weighted by Crippen LogP contribution is -2.47. The first-order chi connectivity index (χ1) is 10.3. The molecule has 2 aliphatic rings. The van der Waals surface area contributed by atoms with Crippen molar-refractivity contribution >= 4 is 5.91 Å². The molecule has 0 aliphatic carbocycles. The van der Waals surface area contributed by atoms with Crippen LogP contribution in [0.15, 0.2) is 24.3 Å². The third-order valence-corrected chi connectivity index (χ3v) is 3.63. The Morgan fingerprint density at radius 2 is 2.00 bits per heavy atom. The van der Waals surface area contributed by atoms with Crippen LogP contribution < -0.4 is 14.8 Å². The lowest BCUT2D eigenvalue weighted by atomic mass is 10.2. The molecular formula is C15H20N2O4. The molecule has 21 heavy (non-hydrogen) atoms. The zero-order chi connectivity index (χ0) is 14.5. The van der Waals surface area contributed by atoms with Crippen molar-refractivity contribution in [2.45, 2.75) is 6.10 Å². The molecule has 2 heterocycles. The number of ether oxygens (including phenoxy) is 3. The van der Waals surface area contributed by atoms with E-state index >= 15 is 0 Å². The minimum atomic E-state index is -0.579. The zero-order valence-electron chi connectivity index (χ0n) is 11.9. The van der Waals surface area contributed by atoms with E-state index in [2.05, 4.69) is 10.2 Å². The number of hydrogen-bond donors (Lipinski definition) is 1. The van der Waals surface area contributed by atoms with Crippen molar-refractivity contribution in [2.24, 2.45) is 0 Å². The lowest BCUT2D eigenvalue weighted by Gasteiger charge is -2.28. The Morgan fingerprint density at radius 1 is 1.24 bits per heavy atom. The van der Waals surface area contributed by atoms with E-state index in [4.69, 9.17) is 14.2 Å². The molecule has 0 aromatic heterocycles. The van der Waals surface area contributed by atoms with E-state index in [9.17, 15) is 4.79 Å². The average molecular weight is 292 g/mol. The molecule has 1 aromatic carbocycles. The fourth-order valence-electron chi connectivity index (χ4n) is 2.42. The third kappa shape index (κ3) is 3.65. The van der Waals surface area contributed by atoms with Gasteiger partial charge < -0.3 is 19.5 Å². The second-order valence-corrected chi connectivity index (χ2v) is 5.11. The van der Waals surface area contributed by atoms with Gasteiger partial charge in [0, 0.05) is 26.2 Å². The molecule has 0 spiro atoms. The van der Waals surface area contributed by atoms with Gasteiger partial charge in [-0.2, -0.15) is 0 Å². The number of carbonyl (C=O) groups is 1. The minimum absolute atomic E-state index is 0.127. The van der Waals surface area contributed by atoms with Crippen LogP contribution in [-0.4, -0.2) is 62.9 Å². The molecule has 1 N–H and O–H groups in total. The maximum absolute atomic E-state index is 12.1. The number of rotatable bonds is 4. The van der Waals surface area contributed by atoms with Crippen LogP contribution in [0.25, 0.3) is 0 Å². The first-order valence-corrected chi connectivity index (χ1v) is 7.29. The van der Waals surface area contributed by atoms with Crippen molar-refractivity contribution < 1.29 is 19.0 Å². The number of morpholine rings is 1.